The van der Waals surface area contributed by atoms with E-state index in [2.05, 4.69) is 43.2 Å². The van der Waals surface area contributed by atoms with Gasteiger partial charge in [0, 0.05) is 44.2 Å². The number of nitrogens with zero attached hydrogens (tertiary/aromatic N) is 4. The molecule has 4 amide bonds. The highest BCUT2D eigenvalue weighted by Crippen LogP contribution is 2.39. The summed E-state index contributed by atoms with van der Waals surface area (Å²) in [5.74, 6) is -2.15. The van der Waals surface area contributed by atoms with E-state index in [4.69, 9.17) is 10.5 Å². The Labute approximate surface area is 432 Å². The predicted molar refractivity (Wildman–Crippen MR) is 274 cm³/mol. The summed E-state index contributed by atoms with van der Waals surface area (Å²) in [6.07, 6.45) is 3.93. The Bertz CT molecular complexity index is 3070. The normalized spacial score (nSPS) is 15.9. The fourth-order valence-corrected chi connectivity index (χ4v) is 9.01. The Kier molecular flexibility index (Phi) is 18.5. The number of nitrogens with one attached hydrogen (secondary N) is 5. The maximum Gasteiger partial charge on any atom is 0.355 e. The molecule has 2 aromatic heterocycles. The first-order valence-corrected chi connectivity index (χ1v) is 25.7. The molecule has 1 fully saturated rings. The van der Waals surface area contributed by atoms with Crippen molar-refractivity contribution in [2.45, 2.75) is 116 Å². The fourth-order valence-electron chi connectivity index (χ4n) is 8.45. The number of nitrogens with two attached hydrogens (primary N) is 1. The Morgan fingerprint density at radius 2 is 1.64 bits per heavy atom. The lowest BCUT2D eigenvalue weighted by molar-refractivity contribution is -0.143. The number of anilines is 3. The molecule has 1 aliphatic rings. The minimum atomic E-state index is -5.09. The summed E-state index contributed by atoms with van der Waals surface area (Å²) in [6, 6.07) is 9.01. The molecule has 0 saturated carbocycles. The molecule has 1 saturated heterocycles. The fraction of sp³-hybridized carbons (Fsp3) is 0.423. The number of aromatic nitrogens is 3. The van der Waals surface area contributed by atoms with Gasteiger partial charge in [-0.3, -0.25) is 28.6 Å². The summed E-state index contributed by atoms with van der Waals surface area (Å²) < 4.78 is 104. The van der Waals surface area contributed by atoms with Gasteiger partial charge < -0.3 is 36.6 Å². The topological polar surface area (TPSA) is 232 Å². The van der Waals surface area contributed by atoms with Gasteiger partial charge in [-0.15, -0.1) is 0 Å². The molecule has 5 atom stereocenters. The van der Waals surface area contributed by atoms with Crippen LogP contribution >= 0.6 is 0 Å². The van der Waals surface area contributed by atoms with Crippen LogP contribution in [-0.4, -0.2) is 95.2 Å². The van der Waals surface area contributed by atoms with E-state index in [-0.39, 0.29) is 42.5 Å². The summed E-state index contributed by atoms with van der Waals surface area (Å²) in [6.45, 7) is 8.40. The lowest BCUT2D eigenvalue weighted by Gasteiger charge is -2.36. The van der Waals surface area contributed by atoms with Gasteiger partial charge in [0.1, 0.15) is 58.6 Å². The molecule has 3 aromatic carbocycles. The number of fused-ring (bicyclic) bond motifs is 1. The second-order valence-electron chi connectivity index (χ2n) is 19.3. The first kappa shape index (κ1) is 57.0. The third kappa shape index (κ3) is 14.1. The lowest BCUT2D eigenvalue weighted by Crippen LogP contribution is -2.59. The van der Waals surface area contributed by atoms with Crippen LogP contribution in [0.15, 0.2) is 66.9 Å². The molecule has 23 heteroatoms. The van der Waals surface area contributed by atoms with E-state index in [1.807, 2.05) is 4.72 Å². The monoisotopic (exact) mass is 1060 g/mol. The number of hydrogen-bond acceptors (Lipinski definition) is 11. The van der Waals surface area contributed by atoms with E-state index >= 15 is 0 Å². The number of ether oxygens (including phenoxy) is 1. The Morgan fingerprint density at radius 3 is 2.29 bits per heavy atom. The molecule has 6 rings (SSSR count). The van der Waals surface area contributed by atoms with E-state index in [0.717, 1.165) is 24.6 Å². The Balaban J connectivity index is 1.08. The highest BCUT2D eigenvalue weighted by molar-refractivity contribution is 7.93. The molecule has 1 unspecified atom stereocenters. The first-order chi connectivity index (χ1) is 35.4. The number of sulfonamides is 1. The maximum atomic E-state index is 14.6. The molecule has 7 N–H and O–H groups in total. The second kappa shape index (κ2) is 24.4. The van der Waals surface area contributed by atoms with E-state index in [1.165, 1.54) is 53.6 Å². The van der Waals surface area contributed by atoms with Crippen molar-refractivity contribution in [2.75, 3.05) is 29.4 Å². The van der Waals surface area contributed by atoms with Crippen LogP contribution in [0.4, 0.5) is 39.1 Å². The van der Waals surface area contributed by atoms with Crippen molar-refractivity contribution in [2.24, 2.45) is 12.5 Å². The highest BCUT2D eigenvalue weighted by atomic mass is 32.2. The second-order valence-corrected chi connectivity index (χ2v) is 21.0. The molecular weight excluding hydrogens is 1000 g/mol. The zero-order valence-corrected chi connectivity index (χ0v) is 43.3. The van der Waals surface area contributed by atoms with Crippen molar-refractivity contribution in [3.63, 3.8) is 0 Å². The standard InChI is InChI=1S/C52H61F5N10O7S/c1-29(59-6)48(69)63-46(52(3,4)5)50(71)67-28-35(26-39(67)49(70)62-44-36(54)16-14-17-37(44)55)61-41(68)18-13-11-9-8-10-12-15-33-27-60-47(58)42-43(64-66(7)45(33)42)32-21-24-38(65-75(72,73)51(56)57)40(25-32)74-30(2)31-19-22-34(53)23-20-31/h14,16-17,19-25,27,29-30,35,39,46,51,59,65H,8-11,13,18,26,28H2,1-7H3,(H2,58,60)(H,61,68)(H,62,70)(H,63,69)/t29-,30-,35?,39-,46+/m0/s1. The summed E-state index contributed by atoms with van der Waals surface area (Å²) in [4.78, 5) is 59.7. The van der Waals surface area contributed by atoms with Crippen LogP contribution in [0, 0.1) is 34.7 Å². The summed E-state index contributed by atoms with van der Waals surface area (Å²) in [7, 11) is -1.82. The summed E-state index contributed by atoms with van der Waals surface area (Å²) >= 11 is 0. The number of para-hydroxylation sites is 1. The number of alkyl halides is 2. The minimum Gasteiger partial charge on any atom is -0.484 e. The quantitative estimate of drug-likeness (QED) is 0.0257. The number of pyridine rings is 1. The number of benzene rings is 3. The van der Waals surface area contributed by atoms with Crippen molar-refractivity contribution >= 4 is 61.7 Å². The average Bonchev–Trinajstić information content (AvgIpc) is 3.94. The van der Waals surface area contributed by atoms with Gasteiger partial charge in [0.15, 0.2) is 0 Å². The van der Waals surface area contributed by atoms with Gasteiger partial charge in [-0.1, -0.05) is 69.7 Å². The van der Waals surface area contributed by atoms with E-state index in [9.17, 15) is 49.5 Å². The number of carbonyl (C=O) groups is 4. The van der Waals surface area contributed by atoms with Crippen LogP contribution in [0.5, 0.6) is 5.75 Å². The van der Waals surface area contributed by atoms with Gasteiger partial charge in [-0.05, 0) is 87.5 Å². The number of halogens is 5. The average molecular weight is 1070 g/mol. The smallest absolute Gasteiger partial charge is 0.355 e. The van der Waals surface area contributed by atoms with Gasteiger partial charge in [-0.2, -0.15) is 13.9 Å². The molecule has 0 radical (unpaired) electrons. The van der Waals surface area contributed by atoms with Gasteiger partial charge >= 0.3 is 5.76 Å². The first-order valence-electron chi connectivity index (χ1n) is 24.2. The number of unbranched alkanes of at least 4 members (excludes halogenated alkanes) is 4. The van der Waals surface area contributed by atoms with Crippen molar-refractivity contribution in [3.05, 3.63) is 95.4 Å². The molecule has 5 aromatic rings. The van der Waals surface area contributed by atoms with Crippen LogP contribution in [0.2, 0.25) is 0 Å². The number of carbonyl (C=O) groups excluding carboxylic acids is 4. The van der Waals surface area contributed by atoms with Crippen molar-refractivity contribution in [3.8, 4) is 28.8 Å². The van der Waals surface area contributed by atoms with Crippen molar-refractivity contribution in [1.29, 1.82) is 0 Å². The number of nitrogen functional groups attached to an aromatic ring is 1. The zero-order chi connectivity index (χ0) is 54.9. The van der Waals surface area contributed by atoms with Crippen molar-refractivity contribution < 1.29 is 54.3 Å². The molecule has 0 bridgehead atoms. The van der Waals surface area contributed by atoms with Crippen LogP contribution in [0.25, 0.3) is 22.2 Å². The predicted octanol–water partition coefficient (Wildman–Crippen LogP) is 7.29. The number of aryl methyl sites for hydroxylation is 1. The molecule has 0 aliphatic carbocycles. The highest BCUT2D eigenvalue weighted by Gasteiger charge is 2.46. The van der Waals surface area contributed by atoms with Crippen LogP contribution in [-0.2, 0) is 36.2 Å². The summed E-state index contributed by atoms with van der Waals surface area (Å²) in [5, 5.41) is 15.9. The van der Waals surface area contributed by atoms with Crippen LogP contribution < -0.4 is 36.5 Å². The largest absolute Gasteiger partial charge is 0.484 e. The van der Waals surface area contributed by atoms with Gasteiger partial charge in [0.05, 0.1) is 28.2 Å². The summed E-state index contributed by atoms with van der Waals surface area (Å²) in [5.41, 5.74) is 6.91. The molecule has 17 nitrogen and oxygen atoms in total. The number of rotatable bonds is 20. The third-order valence-corrected chi connectivity index (χ3v) is 13.6. The molecule has 0 spiro atoms. The number of amides is 4. The zero-order valence-electron chi connectivity index (χ0n) is 42.5. The lowest BCUT2D eigenvalue weighted by atomic mass is 9.85. The van der Waals surface area contributed by atoms with E-state index in [1.54, 1.807) is 53.4 Å². The van der Waals surface area contributed by atoms with Gasteiger partial charge in [-0.25, -0.2) is 26.6 Å². The number of likely N-dealkylation sites (tertiary alicyclic amines) is 1. The minimum absolute atomic E-state index is 0.0500. The third-order valence-electron chi connectivity index (χ3n) is 12.6. The van der Waals surface area contributed by atoms with E-state index in [0.29, 0.717) is 59.0 Å². The molecular formula is C52H61F5N10O7S. The number of hydrogen-bond donors (Lipinski definition) is 6. The van der Waals surface area contributed by atoms with Gasteiger partial charge in [0.25, 0.3) is 10.0 Å². The molecule has 1 aliphatic heterocycles. The Hall–Kier alpha value is -7.32. The number of likely N-dealkylation sites (N-methyl/N-ethyl adjacent to an activating group) is 1. The SMILES string of the molecule is CN[C@@H](C)C(=O)N[C@H](C(=O)N1CC(NC(=O)CCCCCCC#Cc2cnc(N)c3c(-c4ccc(NS(=O)(=O)C(F)F)c(O[C@@H](C)c5ccc(F)cc5)c4)nn(C)c23)C[C@H]1C(=O)Nc1c(F)cccc1F)C(C)(C)C. The van der Waals surface area contributed by atoms with Crippen molar-refractivity contribution in [1.82, 2.24) is 35.6 Å². The van der Waals surface area contributed by atoms with E-state index < -0.39 is 92.3 Å². The molecule has 3 heterocycles. The maximum absolute atomic E-state index is 14.6. The van der Waals surface area contributed by atoms with Crippen LogP contribution in [0.1, 0.15) is 96.8 Å². The Morgan fingerprint density at radius 1 is 0.960 bits per heavy atom. The molecule has 75 heavy (non-hydrogen) atoms. The van der Waals surface area contributed by atoms with Crippen LogP contribution in [0.3, 0.4) is 0 Å². The van der Waals surface area contributed by atoms with Gasteiger partial charge in [0.2, 0.25) is 23.6 Å². The molecule has 402 valence electrons.